The van der Waals surface area contributed by atoms with Gasteiger partial charge in [0.15, 0.2) is 0 Å². The average Bonchev–Trinajstić information content (AvgIpc) is 2.55. The van der Waals surface area contributed by atoms with Crippen molar-refractivity contribution in [2.45, 2.75) is 38.5 Å². The highest BCUT2D eigenvalue weighted by atomic mass is 16.1. The molecule has 0 heterocycles. The Morgan fingerprint density at radius 1 is 0.864 bits per heavy atom. The van der Waals surface area contributed by atoms with E-state index in [0.717, 1.165) is 37.7 Å². The Hall–Kier alpha value is -2.09. The SMILES string of the molecule is NC(=O)c1ccccc1CCC[CH]CCCc1ccccc1. The number of rotatable bonds is 9. The predicted octanol–water partition coefficient (Wildman–Crippen LogP) is 4.34. The van der Waals surface area contributed by atoms with Crippen LogP contribution in [0.3, 0.4) is 0 Å². The Morgan fingerprint density at radius 2 is 1.50 bits per heavy atom. The summed E-state index contributed by atoms with van der Waals surface area (Å²) < 4.78 is 0. The van der Waals surface area contributed by atoms with Gasteiger partial charge in [0.2, 0.25) is 5.91 Å². The van der Waals surface area contributed by atoms with E-state index in [4.69, 9.17) is 5.73 Å². The lowest BCUT2D eigenvalue weighted by Crippen LogP contribution is -2.13. The van der Waals surface area contributed by atoms with E-state index in [1.54, 1.807) is 6.07 Å². The molecule has 0 aliphatic heterocycles. The summed E-state index contributed by atoms with van der Waals surface area (Å²) in [7, 11) is 0. The third kappa shape index (κ3) is 5.36. The third-order valence-corrected chi connectivity index (χ3v) is 3.85. The molecule has 2 aromatic carbocycles. The molecule has 2 nitrogen and oxygen atoms in total. The van der Waals surface area contributed by atoms with Crippen LogP contribution in [0.5, 0.6) is 0 Å². The van der Waals surface area contributed by atoms with Crippen molar-refractivity contribution in [3.8, 4) is 0 Å². The van der Waals surface area contributed by atoms with Crippen LogP contribution in [-0.2, 0) is 12.8 Å². The van der Waals surface area contributed by atoms with Gasteiger partial charge in [0.05, 0.1) is 0 Å². The first-order valence-corrected chi connectivity index (χ1v) is 8.00. The molecule has 0 atom stereocenters. The van der Waals surface area contributed by atoms with Crippen LogP contribution in [-0.4, -0.2) is 5.91 Å². The number of nitrogens with two attached hydrogens (primary N) is 1. The Labute approximate surface area is 133 Å². The molecular weight excluding hydrogens is 270 g/mol. The second-order valence-corrected chi connectivity index (χ2v) is 5.58. The van der Waals surface area contributed by atoms with Crippen LogP contribution >= 0.6 is 0 Å². The Morgan fingerprint density at radius 3 is 2.23 bits per heavy atom. The minimum atomic E-state index is -0.331. The highest BCUT2D eigenvalue weighted by molar-refractivity contribution is 5.94. The maximum atomic E-state index is 11.3. The molecule has 2 aromatic rings. The van der Waals surface area contributed by atoms with Gasteiger partial charge in [-0.3, -0.25) is 4.79 Å². The number of primary amides is 1. The minimum absolute atomic E-state index is 0.331. The topological polar surface area (TPSA) is 43.1 Å². The first kappa shape index (κ1) is 16.3. The number of carbonyl (C=O) groups is 1. The first-order chi connectivity index (χ1) is 10.8. The van der Waals surface area contributed by atoms with Crippen LogP contribution in [0.15, 0.2) is 54.6 Å². The fourth-order valence-electron chi connectivity index (χ4n) is 2.66. The molecule has 0 saturated heterocycles. The van der Waals surface area contributed by atoms with E-state index < -0.39 is 0 Å². The van der Waals surface area contributed by atoms with Gasteiger partial charge in [-0.1, -0.05) is 48.5 Å². The lowest BCUT2D eigenvalue weighted by Gasteiger charge is -2.06. The normalized spacial score (nSPS) is 10.5. The lowest BCUT2D eigenvalue weighted by molar-refractivity contribution is 0.0999. The summed E-state index contributed by atoms with van der Waals surface area (Å²) in [6, 6.07) is 18.2. The zero-order valence-electron chi connectivity index (χ0n) is 13.0. The molecule has 0 unspecified atom stereocenters. The molecule has 115 valence electrons. The quantitative estimate of drug-likeness (QED) is 0.687. The number of hydrogen-bond acceptors (Lipinski definition) is 1. The van der Waals surface area contributed by atoms with E-state index in [1.807, 2.05) is 18.2 Å². The van der Waals surface area contributed by atoms with Crippen molar-refractivity contribution in [2.24, 2.45) is 5.73 Å². The maximum absolute atomic E-state index is 11.3. The van der Waals surface area contributed by atoms with Crippen molar-refractivity contribution in [1.29, 1.82) is 0 Å². The Bertz CT molecular complexity index is 577. The molecular formula is C20H24NO. The van der Waals surface area contributed by atoms with E-state index >= 15 is 0 Å². The summed E-state index contributed by atoms with van der Waals surface area (Å²) in [5.41, 5.74) is 8.52. The van der Waals surface area contributed by atoms with Crippen molar-refractivity contribution < 1.29 is 4.79 Å². The molecule has 2 heteroatoms. The van der Waals surface area contributed by atoms with E-state index in [-0.39, 0.29) is 5.91 Å². The Balaban J connectivity index is 1.61. The standard InChI is InChI=1S/C20H24NO/c21-20(22)19-16-10-9-15-18(19)14-8-3-1-2-5-11-17-12-6-4-7-13-17/h1,4,6-7,9-10,12-13,15-16H,2-3,5,8,11,14H2,(H2,21,22). The average molecular weight is 294 g/mol. The maximum Gasteiger partial charge on any atom is 0.248 e. The van der Waals surface area contributed by atoms with Gasteiger partial charge in [-0.05, 0) is 62.1 Å². The summed E-state index contributed by atoms with van der Waals surface area (Å²) in [4.78, 5) is 11.3. The van der Waals surface area contributed by atoms with Crippen molar-refractivity contribution in [1.82, 2.24) is 0 Å². The molecule has 0 spiro atoms. The number of unbranched alkanes of at least 4 members (excludes halogenated alkanes) is 4. The highest BCUT2D eigenvalue weighted by Gasteiger charge is 2.06. The fraction of sp³-hybridized carbons (Fsp3) is 0.300. The zero-order chi connectivity index (χ0) is 15.6. The lowest BCUT2D eigenvalue weighted by atomic mass is 9.99. The fourth-order valence-corrected chi connectivity index (χ4v) is 2.66. The number of carbonyl (C=O) groups excluding carboxylic acids is 1. The van der Waals surface area contributed by atoms with Gasteiger partial charge in [0, 0.05) is 5.56 Å². The van der Waals surface area contributed by atoms with Gasteiger partial charge in [0.1, 0.15) is 0 Å². The molecule has 1 amide bonds. The molecule has 1 radical (unpaired) electrons. The van der Waals surface area contributed by atoms with E-state index in [2.05, 4.69) is 36.8 Å². The number of amides is 1. The summed E-state index contributed by atoms with van der Waals surface area (Å²) in [6.45, 7) is 0. The molecule has 2 N–H and O–H groups in total. The van der Waals surface area contributed by atoms with Crippen LogP contribution < -0.4 is 5.73 Å². The van der Waals surface area contributed by atoms with Crippen LogP contribution in [0.4, 0.5) is 0 Å². The number of benzene rings is 2. The summed E-state index contributed by atoms with van der Waals surface area (Å²) in [5, 5.41) is 0. The van der Waals surface area contributed by atoms with E-state index in [9.17, 15) is 4.79 Å². The summed E-state index contributed by atoms with van der Waals surface area (Å²) in [6.07, 6.45) is 8.90. The molecule has 0 aliphatic carbocycles. The molecule has 0 aromatic heterocycles. The van der Waals surface area contributed by atoms with Crippen LogP contribution in [0.25, 0.3) is 0 Å². The molecule has 2 rings (SSSR count). The van der Waals surface area contributed by atoms with Gasteiger partial charge < -0.3 is 5.73 Å². The first-order valence-electron chi connectivity index (χ1n) is 8.00. The van der Waals surface area contributed by atoms with Crippen LogP contribution in [0.1, 0.15) is 47.2 Å². The van der Waals surface area contributed by atoms with Crippen LogP contribution in [0, 0.1) is 6.42 Å². The molecule has 0 saturated carbocycles. The minimum Gasteiger partial charge on any atom is -0.366 e. The van der Waals surface area contributed by atoms with E-state index in [0.29, 0.717) is 5.56 Å². The number of hydrogen-bond donors (Lipinski definition) is 1. The predicted molar refractivity (Wildman–Crippen MR) is 91.6 cm³/mol. The van der Waals surface area contributed by atoms with Gasteiger partial charge in [-0.2, -0.15) is 0 Å². The summed E-state index contributed by atoms with van der Waals surface area (Å²) >= 11 is 0. The zero-order valence-corrected chi connectivity index (χ0v) is 13.0. The smallest absolute Gasteiger partial charge is 0.248 e. The highest BCUT2D eigenvalue weighted by Crippen LogP contribution is 2.13. The Kier molecular flexibility index (Phi) is 6.69. The second kappa shape index (κ2) is 9.04. The van der Waals surface area contributed by atoms with E-state index in [1.165, 1.54) is 12.0 Å². The second-order valence-electron chi connectivity index (χ2n) is 5.58. The largest absolute Gasteiger partial charge is 0.366 e. The van der Waals surface area contributed by atoms with Gasteiger partial charge in [0.25, 0.3) is 0 Å². The molecule has 0 fully saturated rings. The van der Waals surface area contributed by atoms with Crippen molar-refractivity contribution in [3.05, 3.63) is 77.7 Å². The van der Waals surface area contributed by atoms with Gasteiger partial charge in [-0.15, -0.1) is 0 Å². The van der Waals surface area contributed by atoms with Crippen LogP contribution in [0.2, 0.25) is 0 Å². The molecule has 0 aliphatic rings. The van der Waals surface area contributed by atoms with Gasteiger partial charge >= 0.3 is 0 Å². The van der Waals surface area contributed by atoms with Crippen molar-refractivity contribution in [3.63, 3.8) is 0 Å². The third-order valence-electron chi connectivity index (χ3n) is 3.85. The van der Waals surface area contributed by atoms with Crippen molar-refractivity contribution >= 4 is 5.91 Å². The summed E-state index contributed by atoms with van der Waals surface area (Å²) in [5.74, 6) is -0.331. The monoisotopic (exact) mass is 294 g/mol. The van der Waals surface area contributed by atoms with Crippen molar-refractivity contribution in [2.75, 3.05) is 0 Å². The molecule has 22 heavy (non-hydrogen) atoms. The van der Waals surface area contributed by atoms with Gasteiger partial charge in [-0.25, -0.2) is 0 Å². The molecule has 0 bridgehead atoms. The number of aryl methyl sites for hydroxylation is 2.